The van der Waals surface area contributed by atoms with Crippen molar-refractivity contribution in [1.29, 1.82) is 0 Å². The minimum atomic E-state index is -0.917. The van der Waals surface area contributed by atoms with Crippen LogP contribution >= 0.6 is 0 Å². The van der Waals surface area contributed by atoms with Gasteiger partial charge in [-0.15, -0.1) is 0 Å². The molecule has 8 aliphatic rings. The molecular weight excluding hydrogens is 723 g/mol. The van der Waals surface area contributed by atoms with E-state index in [1.165, 1.54) is 6.42 Å². The van der Waals surface area contributed by atoms with E-state index in [9.17, 15) is 19.2 Å². The van der Waals surface area contributed by atoms with Gasteiger partial charge in [-0.3, -0.25) is 14.5 Å². The van der Waals surface area contributed by atoms with E-state index in [-0.39, 0.29) is 54.2 Å². The minimum Gasteiger partial charge on any atom is -0.449 e. The summed E-state index contributed by atoms with van der Waals surface area (Å²) in [6.07, 6.45) is 9.06. The molecule has 312 valence electrons. The first-order chi connectivity index (χ1) is 27.1. The van der Waals surface area contributed by atoms with Crippen molar-refractivity contribution < 1.29 is 38.0 Å². The third kappa shape index (κ3) is 8.17. The number of hydrogen-bond donors (Lipinski definition) is 2. The van der Waals surface area contributed by atoms with Crippen molar-refractivity contribution in [2.75, 3.05) is 13.2 Å². The number of hydrogen-bond acceptors (Lipinski definition) is 8. The van der Waals surface area contributed by atoms with Crippen molar-refractivity contribution in [3.8, 4) is 0 Å². The van der Waals surface area contributed by atoms with Gasteiger partial charge in [-0.05, 0) is 84.7 Å². The summed E-state index contributed by atoms with van der Waals surface area (Å²) in [4.78, 5) is 59.8. The van der Waals surface area contributed by atoms with Crippen LogP contribution in [0.3, 0.4) is 0 Å². The van der Waals surface area contributed by atoms with Gasteiger partial charge in [0.15, 0.2) is 0 Å². The number of carbonyl (C=O) groups is 4. The molecule has 2 unspecified atom stereocenters. The summed E-state index contributed by atoms with van der Waals surface area (Å²) in [5.41, 5.74) is 1.68. The number of benzene rings is 1. The molecule has 5 aliphatic carbocycles. The van der Waals surface area contributed by atoms with Crippen LogP contribution in [0.25, 0.3) is 0 Å². The fraction of sp³-hybridized carbons (Fsp3) is 0.773. The summed E-state index contributed by atoms with van der Waals surface area (Å²) >= 11 is 0. The Hall–Kier alpha value is -3.32. The van der Waals surface area contributed by atoms with Crippen molar-refractivity contribution in [2.24, 2.45) is 34.5 Å². The number of likely N-dealkylation sites (tertiary alicyclic amines) is 1. The molecule has 2 saturated heterocycles. The third-order valence-electron chi connectivity index (χ3n) is 14.9. The first-order valence-electron chi connectivity index (χ1n) is 22.0. The highest BCUT2D eigenvalue weighted by Crippen LogP contribution is 2.66. The van der Waals surface area contributed by atoms with Gasteiger partial charge < -0.3 is 34.3 Å². The zero-order valence-electron chi connectivity index (χ0n) is 35.1. The maximum absolute atomic E-state index is 14.9. The van der Waals surface area contributed by atoms with Crippen LogP contribution in [-0.4, -0.2) is 89.9 Å². The molecule has 8 atom stereocenters. The predicted molar refractivity (Wildman–Crippen MR) is 214 cm³/mol. The van der Waals surface area contributed by atoms with Gasteiger partial charge in [0, 0.05) is 19.5 Å². The zero-order chi connectivity index (χ0) is 40.3. The number of carbonyl (C=O) groups excluding carboxylic acids is 4. The first-order valence-corrected chi connectivity index (χ1v) is 22.0. The molecule has 1 aromatic rings. The van der Waals surface area contributed by atoms with Crippen LogP contribution in [0.2, 0.25) is 0 Å². The van der Waals surface area contributed by atoms with E-state index in [0.717, 1.165) is 75.3 Å². The van der Waals surface area contributed by atoms with E-state index in [0.29, 0.717) is 30.8 Å². The molecule has 4 amide bonds. The number of nitrogens with zero attached hydrogens (tertiary/aromatic N) is 2. The Kier molecular flexibility index (Phi) is 11.1. The van der Waals surface area contributed by atoms with E-state index in [1.807, 2.05) is 45.0 Å². The van der Waals surface area contributed by atoms with Gasteiger partial charge in [-0.2, -0.15) is 0 Å². The molecular formula is C44H65BN4O8. The van der Waals surface area contributed by atoms with Crippen LogP contribution in [0.5, 0.6) is 0 Å². The molecule has 3 aliphatic heterocycles. The quantitative estimate of drug-likeness (QED) is 0.248. The van der Waals surface area contributed by atoms with Gasteiger partial charge in [-0.1, -0.05) is 97.4 Å². The number of alkyl carbamates (subject to hydrolysis) is 1. The second-order valence-corrected chi connectivity index (χ2v) is 20.5. The van der Waals surface area contributed by atoms with Gasteiger partial charge in [0.2, 0.25) is 11.8 Å². The van der Waals surface area contributed by atoms with Gasteiger partial charge >= 0.3 is 19.3 Å². The lowest BCUT2D eigenvalue weighted by Crippen LogP contribution is -2.65. The molecule has 12 nitrogen and oxygen atoms in total. The Morgan fingerprint density at radius 3 is 2.26 bits per heavy atom. The molecule has 3 heterocycles. The highest BCUT2D eigenvalue weighted by Gasteiger charge is 2.68. The lowest BCUT2D eigenvalue weighted by molar-refractivity contribution is -0.199. The van der Waals surface area contributed by atoms with E-state index >= 15 is 0 Å². The van der Waals surface area contributed by atoms with E-state index in [1.54, 1.807) is 9.80 Å². The van der Waals surface area contributed by atoms with Crippen LogP contribution in [-0.2, 0) is 41.5 Å². The lowest BCUT2D eigenvalue weighted by Gasteiger charge is -2.64. The number of nitrogens with one attached hydrogen (secondary N) is 2. The normalized spacial score (nSPS) is 31.7. The van der Waals surface area contributed by atoms with E-state index < -0.39 is 49.0 Å². The minimum absolute atomic E-state index is 0.0227. The average Bonchev–Trinajstić information content (AvgIpc) is 3.88. The standard InChI is InChI=1S/C44H65BN4O8/c1-42(2,3)26-54-40(52)47-37(28-15-8-7-9-16-28)39(51)49-25-32(55-41(53)48-23-29-17-10-11-18-30(29)24-48)22-33(49)38(50)46-36(19-27-13-12-14-27)45-56-35-21-31-20-34(43(31,4)5)44(35,6)57-45/h10-11,17-18,27-28,31-37H,7-9,12-16,19-26H2,1-6H3,(H,46,50)(H,47,52)/t31?,32-,33+,34+,35?,36+,37+,44+/m1/s1. The Balaban J connectivity index is 1.02. The molecule has 1 aromatic carbocycles. The molecule has 13 heteroatoms. The van der Waals surface area contributed by atoms with Gasteiger partial charge in [0.25, 0.3) is 0 Å². The molecule has 0 radical (unpaired) electrons. The summed E-state index contributed by atoms with van der Waals surface area (Å²) < 4.78 is 25.4. The maximum Gasteiger partial charge on any atom is 0.481 e. The molecule has 0 spiro atoms. The van der Waals surface area contributed by atoms with Crippen molar-refractivity contribution in [3.63, 3.8) is 0 Å². The summed E-state index contributed by atoms with van der Waals surface area (Å²) in [5.74, 6) is 0.300. The fourth-order valence-corrected chi connectivity index (χ4v) is 11.2. The molecule has 2 bridgehead atoms. The van der Waals surface area contributed by atoms with Crippen molar-refractivity contribution >= 4 is 31.1 Å². The van der Waals surface area contributed by atoms with E-state index in [2.05, 4.69) is 31.4 Å². The molecule has 2 N–H and O–H groups in total. The maximum atomic E-state index is 14.9. The largest absolute Gasteiger partial charge is 0.481 e. The van der Waals surface area contributed by atoms with Crippen LogP contribution in [0.15, 0.2) is 24.3 Å². The monoisotopic (exact) mass is 788 g/mol. The van der Waals surface area contributed by atoms with Gasteiger partial charge in [-0.25, -0.2) is 9.59 Å². The molecule has 0 aromatic heterocycles. The Morgan fingerprint density at radius 1 is 0.930 bits per heavy atom. The van der Waals surface area contributed by atoms with Crippen LogP contribution < -0.4 is 10.6 Å². The van der Waals surface area contributed by atoms with Crippen LogP contribution in [0, 0.1) is 34.5 Å². The Morgan fingerprint density at radius 2 is 1.63 bits per heavy atom. The van der Waals surface area contributed by atoms with Crippen molar-refractivity contribution in [1.82, 2.24) is 20.4 Å². The molecule has 5 saturated carbocycles. The highest BCUT2D eigenvalue weighted by molar-refractivity contribution is 6.48. The first kappa shape index (κ1) is 40.5. The summed E-state index contributed by atoms with van der Waals surface area (Å²) in [5, 5.41) is 6.29. The molecule has 57 heavy (non-hydrogen) atoms. The lowest BCUT2D eigenvalue weighted by atomic mass is 9.43. The third-order valence-corrected chi connectivity index (χ3v) is 14.9. The van der Waals surface area contributed by atoms with Gasteiger partial charge in [0.05, 0.1) is 30.8 Å². The average molecular weight is 789 g/mol. The Bertz CT molecular complexity index is 1670. The van der Waals surface area contributed by atoms with Crippen molar-refractivity contribution in [2.45, 2.75) is 168 Å². The summed E-state index contributed by atoms with van der Waals surface area (Å²) in [7, 11) is -0.593. The summed E-state index contributed by atoms with van der Waals surface area (Å²) in [6.45, 7) is 14.0. The number of fused-ring (bicyclic) bond motifs is 1. The Labute approximate surface area is 339 Å². The number of rotatable bonds is 10. The highest BCUT2D eigenvalue weighted by atomic mass is 16.7. The molecule has 7 fully saturated rings. The number of ether oxygens (including phenoxy) is 2. The zero-order valence-corrected chi connectivity index (χ0v) is 35.1. The van der Waals surface area contributed by atoms with E-state index in [4.69, 9.17) is 18.8 Å². The van der Waals surface area contributed by atoms with Gasteiger partial charge in [0.1, 0.15) is 18.2 Å². The fourth-order valence-electron chi connectivity index (χ4n) is 11.2. The van der Waals surface area contributed by atoms with Crippen LogP contribution in [0.1, 0.15) is 130 Å². The van der Waals surface area contributed by atoms with Crippen LogP contribution in [0.4, 0.5) is 9.59 Å². The number of amides is 4. The second-order valence-electron chi connectivity index (χ2n) is 20.5. The molecule has 9 rings (SSSR count). The second kappa shape index (κ2) is 15.7. The topological polar surface area (TPSA) is 136 Å². The smallest absolute Gasteiger partial charge is 0.449 e. The van der Waals surface area contributed by atoms with Crippen molar-refractivity contribution in [3.05, 3.63) is 35.4 Å². The predicted octanol–water partition coefficient (Wildman–Crippen LogP) is 6.77. The SMILES string of the molecule is CC(C)(C)COC(=O)N[C@H](C(=O)N1C[C@H](OC(=O)N2Cc3ccccc3C2)C[C@H]1C(=O)N[C@@H](CC1CCC1)B1OC2CC3C[C@@H](C3(C)C)[C@]2(C)O1)C1CCCCC1. The summed E-state index contributed by atoms with van der Waals surface area (Å²) in [6, 6.07) is 6.16.